The van der Waals surface area contributed by atoms with E-state index in [1.54, 1.807) is 0 Å². The smallest absolute Gasteiger partial charge is 0.238 e. The van der Waals surface area contributed by atoms with Crippen LogP contribution in [0.25, 0.3) is 218 Å². The normalized spacial score (nSPS) is 13.2. The Morgan fingerprint density at radius 2 is 0.420 bits per heavy atom. The summed E-state index contributed by atoms with van der Waals surface area (Å²) < 4.78 is 7.03. The second-order valence-corrected chi connectivity index (χ2v) is 37.5. The lowest BCUT2D eigenvalue weighted by Gasteiger charge is -2.23. The Labute approximate surface area is 799 Å². The van der Waals surface area contributed by atoms with E-state index >= 15 is 0 Å². The zero-order valence-corrected chi connectivity index (χ0v) is 76.9. The van der Waals surface area contributed by atoms with Crippen LogP contribution in [0, 0.1) is 0 Å². The molecule has 138 heavy (non-hydrogen) atoms. The van der Waals surface area contributed by atoms with E-state index in [-0.39, 0.29) is 16.2 Å². The van der Waals surface area contributed by atoms with Crippen molar-refractivity contribution in [1.82, 2.24) is 58.6 Å². The lowest BCUT2D eigenvalue weighted by molar-refractivity contribution is 0.663. The summed E-state index contributed by atoms with van der Waals surface area (Å²) in [6, 6.07) is 153. The zero-order valence-electron chi connectivity index (χ0n) is 76.9. The SMILES string of the molecule is CC1(C)c2ccccc2-c2ccc3c4ccc(-c5ccccc5)cc4n(-c4cccc(-c5nc(-c6ccccc6)nc(-c6ccccc6)n5)c4)c3c21.CC1(C)c2ccccc2-c2ccc3c4ccc(-c5ccccc5)cc4n(-c4nc(-c5ccccc5)nc(-c5ccccc5)n4)c3c21.CC1(C)c2ccccc2-c2ccc3c4ccccc4n(-c4nc(-c5ccccc5)nc(-c5ccccc5)n4)c3c21. The highest BCUT2D eigenvalue weighted by Gasteiger charge is 2.43. The minimum Gasteiger partial charge on any atom is -0.309 e. The minimum absolute atomic E-state index is 0.185. The highest BCUT2D eigenvalue weighted by Crippen LogP contribution is 2.57. The molecular formula is C126H90N12. The van der Waals surface area contributed by atoms with Crippen molar-refractivity contribution in [2.75, 3.05) is 0 Å². The van der Waals surface area contributed by atoms with Crippen molar-refractivity contribution in [3.8, 4) is 153 Å². The van der Waals surface area contributed by atoms with Crippen LogP contribution in [0.4, 0.5) is 0 Å². The lowest BCUT2D eigenvalue weighted by Crippen LogP contribution is -2.17. The van der Waals surface area contributed by atoms with E-state index in [0.717, 1.165) is 72.3 Å². The standard InChI is InChI=1S/C48H34N4.C42H30N4.C36H26N4/c1-48(2)41-24-13-12-23-37(41)39-27-28-40-38-26-25-34(31-15-6-3-7-16-31)30-42(38)52(44(40)43(39)48)36-22-14-21-35(29-36)47-50-45(32-17-8-4-9-18-32)49-46(51-47)33-19-10-5-11-20-33;1-42(2)35-21-13-12-20-31(35)33-24-25-34-32-23-22-30(27-14-6-3-7-15-27)26-36(32)46(38(34)37(33)42)41-44-39(28-16-8-4-9-17-28)43-40(45-41)29-18-10-5-11-19-29;1-36(2)29-19-11-9-17-25(29)27-21-22-28-26-18-10-12-20-30(26)40(32(28)31(27)36)35-38-33(23-13-5-3-6-14-23)37-34(39-35)24-15-7-4-8-16-24/h3-30H,1-2H3;3-26H,1-2H3;3-22H,1-2H3. The average molecular weight is 1770 g/mol. The second-order valence-electron chi connectivity index (χ2n) is 37.5. The van der Waals surface area contributed by atoms with Crippen molar-refractivity contribution in [1.29, 1.82) is 0 Å². The molecule has 18 aromatic carbocycles. The fourth-order valence-electron chi connectivity index (χ4n) is 21.9. The first-order chi connectivity index (χ1) is 67.7. The maximum absolute atomic E-state index is 5.24. The maximum atomic E-state index is 5.24. The molecule has 6 aromatic heterocycles. The lowest BCUT2D eigenvalue weighted by atomic mass is 9.81. The van der Waals surface area contributed by atoms with E-state index in [9.17, 15) is 0 Å². The van der Waals surface area contributed by atoms with Gasteiger partial charge in [-0.1, -0.05) is 448 Å². The molecule has 3 aliphatic carbocycles. The monoisotopic (exact) mass is 1770 g/mol. The molecule has 0 bridgehead atoms. The van der Waals surface area contributed by atoms with E-state index in [1.165, 1.54) is 127 Å². The van der Waals surface area contributed by atoms with Gasteiger partial charge in [-0.2, -0.15) is 19.9 Å². The minimum atomic E-state index is -0.225. The third-order valence-electron chi connectivity index (χ3n) is 28.3. The largest absolute Gasteiger partial charge is 0.309 e. The molecule has 0 atom stereocenters. The van der Waals surface area contributed by atoms with Gasteiger partial charge in [-0.3, -0.25) is 9.13 Å². The van der Waals surface area contributed by atoms with E-state index in [2.05, 4.69) is 359 Å². The Hall–Kier alpha value is -17.6. The fraction of sp³-hybridized carbons (Fsp3) is 0.0714. The molecule has 654 valence electrons. The Kier molecular flexibility index (Phi) is 19.6. The van der Waals surface area contributed by atoms with Crippen LogP contribution in [0.2, 0.25) is 0 Å². The van der Waals surface area contributed by atoms with Crippen LogP contribution >= 0.6 is 0 Å². The summed E-state index contributed by atoms with van der Waals surface area (Å²) in [5, 5.41) is 7.24. The molecule has 12 heteroatoms. The van der Waals surface area contributed by atoms with Crippen molar-refractivity contribution < 1.29 is 0 Å². The van der Waals surface area contributed by atoms with Crippen LogP contribution in [-0.2, 0) is 16.2 Å². The summed E-state index contributed by atoms with van der Waals surface area (Å²) in [5.74, 6) is 5.78. The second kappa shape index (κ2) is 32.9. The summed E-state index contributed by atoms with van der Waals surface area (Å²) in [5.41, 5.74) is 34.4. The Morgan fingerprint density at radius 1 is 0.167 bits per heavy atom. The van der Waals surface area contributed by atoms with Crippen LogP contribution in [-0.4, -0.2) is 58.6 Å². The van der Waals surface area contributed by atoms with Crippen molar-refractivity contribution >= 4 is 65.4 Å². The average Bonchev–Trinajstić information content (AvgIpc) is 1.54. The van der Waals surface area contributed by atoms with E-state index in [0.29, 0.717) is 52.7 Å². The summed E-state index contributed by atoms with van der Waals surface area (Å²) in [6.07, 6.45) is 0. The topological polar surface area (TPSA) is 131 Å². The molecule has 24 aromatic rings. The maximum Gasteiger partial charge on any atom is 0.238 e. The molecule has 6 heterocycles. The number of fused-ring (bicyclic) bond motifs is 21. The number of hydrogen-bond acceptors (Lipinski definition) is 9. The van der Waals surface area contributed by atoms with Gasteiger partial charge in [0, 0.05) is 93.2 Å². The number of hydrogen-bond donors (Lipinski definition) is 0. The van der Waals surface area contributed by atoms with Crippen LogP contribution in [0.1, 0.15) is 74.9 Å². The predicted molar refractivity (Wildman–Crippen MR) is 564 cm³/mol. The van der Waals surface area contributed by atoms with Gasteiger partial charge in [0.15, 0.2) is 40.8 Å². The molecule has 0 saturated heterocycles. The quantitative estimate of drug-likeness (QED) is 0.117. The molecule has 12 nitrogen and oxygen atoms in total. The Balaban J connectivity index is 0.000000111. The zero-order chi connectivity index (χ0) is 92.5. The molecule has 27 rings (SSSR count). The molecule has 0 N–H and O–H groups in total. The molecule has 3 aliphatic rings. The van der Waals surface area contributed by atoms with Gasteiger partial charge in [0.25, 0.3) is 0 Å². The number of aromatic nitrogens is 12. The van der Waals surface area contributed by atoms with Crippen LogP contribution < -0.4 is 0 Å². The number of nitrogens with zero attached hydrogens (tertiary/aromatic N) is 12. The van der Waals surface area contributed by atoms with Gasteiger partial charge in [-0.15, -0.1) is 0 Å². The van der Waals surface area contributed by atoms with Gasteiger partial charge < -0.3 is 4.57 Å². The Morgan fingerprint density at radius 3 is 0.768 bits per heavy atom. The number of benzene rings is 18. The first-order valence-corrected chi connectivity index (χ1v) is 47.2. The molecule has 0 spiro atoms. The summed E-state index contributed by atoms with van der Waals surface area (Å²) in [4.78, 5) is 45.8. The van der Waals surface area contributed by atoms with Crippen LogP contribution in [0.3, 0.4) is 0 Å². The highest BCUT2D eigenvalue weighted by atomic mass is 15.2. The van der Waals surface area contributed by atoms with E-state index in [1.807, 2.05) is 133 Å². The summed E-state index contributed by atoms with van der Waals surface area (Å²) in [7, 11) is 0. The fourth-order valence-corrected chi connectivity index (χ4v) is 21.9. The van der Waals surface area contributed by atoms with Crippen molar-refractivity contribution in [3.63, 3.8) is 0 Å². The van der Waals surface area contributed by atoms with Gasteiger partial charge in [0.05, 0.1) is 33.1 Å². The van der Waals surface area contributed by atoms with Crippen molar-refractivity contribution in [2.24, 2.45) is 0 Å². The van der Waals surface area contributed by atoms with Gasteiger partial charge in [0.2, 0.25) is 11.9 Å². The molecule has 0 fully saturated rings. The Bertz CT molecular complexity index is 8770. The van der Waals surface area contributed by atoms with Gasteiger partial charge in [0.1, 0.15) is 0 Å². The third-order valence-corrected chi connectivity index (χ3v) is 28.3. The van der Waals surface area contributed by atoms with Gasteiger partial charge >= 0.3 is 0 Å². The molecular weight excluding hydrogens is 1680 g/mol. The van der Waals surface area contributed by atoms with Crippen molar-refractivity contribution in [2.45, 2.75) is 57.8 Å². The van der Waals surface area contributed by atoms with Crippen LogP contribution in [0.15, 0.2) is 437 Å². The van der Waals surface area contributed by atoms with E-state index < -0.39 is 0 Å². The molecule has 0 unspecified atom stereocenters. The number of para-hydroxylation sites is 1. The van der Waals surface area contributed by atoms with Crippen LogP contribution in [0.5, 0.6) is 0 Å². The predicted octanol–water partition coefficient (Wildman–Crippen LogP) is 30.8. The third kappa shape index (κ3) is 13.7. The highest BCUT2D eigenvalue weighted by molar-refractivity contribution is 6.17. The van der Waals surface area contributed by atoms with Gasteiger partial charge in [-0.25, -0.2) is 24.9 Å². The number of rotatable bonds is 12. The molecule has 0 saturated carbocycles. The summed E-state index contributed by atoms with van der Waals surface area (Å²) in [6.45, 7) is 14.1. The first-order valence-electron chi connectivity index (χ1n) is 47.2. The summed E-state index contributed by atoms with van der Waals surface area (Å²) >= 11 is 0. The molecule has 0 aliphatic heterocycles. The van der Waals surface area contributed by atoms with Gasteiger partial charge in [-0.05, 0) is 119 Å². The molecule has 0 radical (unpaired) electrons. The first kappa shape index (κ1) is 82.3. The van der Waals surface area contributed by atoms with Crippen molar-refractivity contribution in [3.05, 3.63) is 470 Å². The van der Waals surface area contributed by atoms with E-state index in [4.69, 9.17) is 44.9 Å². The molecule has 0 amide bonds.